The second-order valence-electron chi connectivity index (χ2n) is 4.26. The van der Waals surface area contributed by atoms with Crippen LogP contribution in [0.15, 0.2) is 16.0 Å². The zero-order valence-corrected chi connectivity index (χ0v) is 11.9. The fourth-order valence-corrected chi connectivity index (χ4v) is 2.24. The summed E-state index contributed by atoms with van der Waals surface area (Å²) in [6.07, 6.45) is 0.120. The van der Waals surface area contributed by atoms with E-state index in [2.05, 4.69) is 10.1 Å². The standard InChI is InChI=1S/C12H17N3O3S/c1-7(2)17-6-8(13)11-14-12(18-15-11)10-9(16-3)4-5-19-10/h4-5,7-8H,6,13H2,1-3H3. The minimum atomic E-state index is -0.397. The van der Waals surface area contributed by atoms with Gasteiger partial charge < -0.3 is 19.7 Å². The smallest absolute Gasteiger partial charge is 0.271 e. The van der Waals surface area contributed by atoms with Crippen molar-refractivity contribution in [2.45, 2.75) is 26.0 Å². The fourth-order valence-electron chi connectivity index (χ4n) is 1.46. The van der Waals surface area contributed by atoms with Gasteiger partial charge in [0.15, 0.2) is 5.82 Å². The van der Waals surface area contributed by atoms with Crippen LogP contribution >= 0.6 is 11.3 Å². The van der Waals surface area contributed by atoms with Crippen LogP contribution < -0.4 is 10.5 Å². The first-order valence-corrected chi connectivity index (χ1v) is 6.82. The Morgan fingerprint density at radius 2 is 2.26 bits per heavy atom. The average Bonchev–Trinajstić information content (AvgIpc) is 3.03. The van der Waals surface area contributed by atoms with Gasteiger partial charge in [0.1, 0.15) is 10.6 Å². The molecule has 0 aromatic carbocycles. The Labute approximate surface area is 115 Å². The van der Waals surface area contributed by atoms with Crippen LogP contribution in [0.5, 0.6) is 5.75 Å². The summed E-state index contributed by atoms with van der Waals surface area (Å²) in [6.45, 7) is 4.26. The highest BCUT2D eigenvalue weighted by Gasteiger charge is 2.19. The van der Waals surface area contributed by atoms with Gasteiger partial charge in [0.05, 0.1) is 25.9 Å². The Bertz CT molecular complexity index is 524. The lowest BCUT2D eigenvalue weighted by atomic mass is 10.3. The van der Waals surface area contributed by atoms with E-state index < -0.39 is 6.04 Å². The third-order valence-electron chi connectivity index (χ3n) is 2.43. The second kappa shape index (κ2) is 6.14. The Balaban J connectivity index is 2.10. The lowest BCUT2D eigenvalue weighted by Crippen LogP contribution is -2.20. The van der Waals surface area contributed by atoms with Crippen molar-refractivity contribution < 1.29 is 14.0 Å². The van der Waals surface area contributed by atoms with E-state index in [1.807, 2.05) is 25.3 Å². The average molecular weight is 283 g/mol. The molecule has 0 amide bonds. The van der Waals surface area contributed by atoms with Crippen LogP contribution in [0.1, 0.15) is 25.7 Å². The number of nitrogens with zero attached hydrogens (tertiary/aromatic N) is 2. The lowest BCUT2D eigenvalue weighted by molar-refractivity contribution is 0.0665. The predicted octanol–water partition coefficient (Wildman–Crippen LogP) is 2.23. The van der Waals surface area contributed by atoms with Crippen molar-refractivity contribution in [1.29, 1.82) is 0 Å². The van der Waals surface area contributed by atoms with Crippen molar-refractivity contribution in [2.75, 3.05) is 13.7 Å². The van der Waals surface area contributed by atoms with Gasteiger partial charge in [-0.1, -0.05) is 5.16 Å². The molecule has 2 aromatic rings. The number of hydrogen-bond acceptors (Lipinski definition) is 7. The highest BCUT2D eigenvalue weighted by Crippen LogP contribution is 2.34. The van der Waals surface area contributed by atoms with E-state index in [1.54, 1.807) is 7.11 Å². The van der Waals surface area contributed by atoms with Crippen molar-refractivity contribution in [1.82, 2.24) is 10.1 Å². The number of aromatic nitrogens is 2. The molecule has 0 fully saturated rings. The Morgan fingerprint density at radius 3 is 2.95 bits per heavy atom. The minimum absolute atomic E-state index is 0.120. The molecule has 2 aromatic heterocycles. The molecular formula is C12H17N3O3S. The number of methoxy groups -OCH3 is 1. The molecule has 1 unspecified atom stereocenters. The summed E-state index contributed by atoms with van der Waals surface area (Å²) in [5.74, 6) is 1.57. The van der Waals surface area contributed by atoms with E-state index in [1.165, 1.54) is 11.3 Å². The van der Waals surface area contributed by atoms with E-state index in [4.69, 9.17) is 19.7 Å². The van der Waals surface area contributed by atoms with Crippen LogP contribution in [0, 0.1) is 0 Å². The molecule has 104 valence electrons. The van der Waals surface area contributed by atoms with Gasteiger partial charge in [-0.05, 0) is 25.3 Å². The van der Waals surface area contributed by atoms with Crippen LogP contribution in [0.3, 0.4) is 0 Å². The molecule has 2 N–H and O–H groups in total. The highest BCUT2D eigenvalue weighted by atomic mass is 32.1. The molecule has 0 aliphatic carbocycles. The van der Waals surface area contributed by atoms with E-state index >= 15 is 0 Å². The van der Waals surface area contributed by atoms with E-state index in [0.717, 1.165) is 4.88 Å². The number of rotatable bonds is 6. The van der Waals surface area contributed by atoms with Gasteiger partial charge in [0.25, 0.3) is 5.89 Å². The topological polar surface area (TPSA) is 83.4 Å². The molecule has 7 heteroatoms. The first-order chi connectivity index (χ1) is 9.11. The summed E-state index contributed by atoms with van der Waals surface area (Å²) >= 11 is 1.48. The van der Waals surface area contributed by atoms with E-state index in [-0.39, 0.29) is 6.10 Å². The zero-order valence-electron chi connectivity index (χ0n) is 11.1. The van der Waals surface area contributed by atoms with Gasteiger partial charge in [-0.25, -0.2) is 0 Å². The van der Waals surface area contributed by atoms with E-state index in [0.29, 0.717) is 24.1 Å². The maximum Gasteiger partial charge on any atom is 0.271 e. The number of thiophene rings is 1. The molecule has 0 aliphatic heterocycles. The number of ether oxygens (including phenoxy) is 2. The molecule has 1 atom stereocenters. The summed E-state index contributed by atoms with van der Waals surface area (Å²) in [7, 11) is 1.60. The summed E-state index contributed by atoms with van der Waals surface area (Å²) in [5, 5.41) is 5.79. The molecule has 6 nitrogen and oxygen atoms in total. The van der Waals surface area contributed by atoms with Crippen LogP contribution in [0.4, 0.5) is 0 Å². The zero-order chi connectivity index (χ0) is 13.8. The van der Waals surface area contributed by atoms with Crippen LogP contribution in [-0.2, 0) is 4.74 Å². The normalized spacial score (nSPS) is 12.9. The Morgan fingerprint density at radius 1 is 1.47 bits per heavy atom. The Kier molecular flexibility index (Phi) is 4.52. The maximum absolute atomic E-state index is 5.94. The van der Waals surface area contributed by atoms with Gasteiger partial charge >= 0.3 is 0 Å². The molecule has 0 bridgehead atoms. The van der Waals surface area contributed by atoms with Gasteiger partial charge in [0, 0.05) is 0 Å². The second-order valence-corrected chi connectivity index (χ2v) is 5.18. The number of nitrogens with two attached hydrogens (primary N) is 1. The molecule has 19 heavy (non-hydrogen) atoms. The van der Waals surface area contributed by atoms with Crippen molar-refractivity contribution >= 4 is 11.3 Å². The summed E-state index contributed by atoms with van der Waals surface area (Å²) < 4.78 is 15.9. The monoisotopic (exact) mass is 283 g/mol. The fraction of sp³-hybridized carbons (Fsp3) is 0.500. The van der Waals surface area contributed by atoms with Crippen molar-refractivity contribution in [2.24, 2.45) is 5.73 Å². The highest BCUT2D eigenvalue weighted by molar-refractivity contribution is 7.13. The van der Waals surface area contributed by atoms with Gasteiger partial charge in [0.2, 0.25) is 0 Å². The molecule has 0 spiro atoms. The molecular weight excluding hydrogens is 266 g/mol. The van der Waals surface area contributed by atoms with Crippen molar-refractivity contribution in [3.8, 4) is 16.5 Å². The molecule has 0 aliphatic rings. The van der Waals surface area contributed by atoms with Crippen LogP contribution in [0.2, 0.25) is 0 Å². The molecule has 0 saturated carbocycles. The first kappa shape index (κ1) is 14.0. The third-order valence-corrected chi connectivity index (χ3v) is 3.31. The lowest BCUT2D eigenvalue weighted by Gasteiger charge is -2.10. The van der Waals surface area contributed by atoms with E-state index in [9.17, 15) is 0 Å². The van der Waals surface area contributed by atoms with Crippen molar-refractivity contribution in [3.05, 3.63) is 17.3 Å². The molecule has 2 rings (SSSR count). The largest absolute Gasteiger partial charge is 0.495 e. The summed E-state index contributed by atoms with van der Waals surface area (Å²) in [5.41, 5.74) is 5.94. The van der Waals surface area contributed by atoms with Crippen LogP contribution in [0.25, 0.3) is 10.8 Å². The van der Waals surface area contributed by atoms with Gasteiger partial charge in [-0.15, -0.1) is 11.3 Å². The summed E-state index contributed by atoms with van der Waals surface area (Å²) in [6, 6.07) is 1.46. The van der Waals surface area contributed by atoms with Gasteiger partial charge in [-0.3, -0.25) is 0 Å². The SMILES string of the molecule is COc1ccsc1-c1nc(C(N)COC(C)C)no1. The summed E-state index contributed by atoms with van der Waals surface area (Å²) in [4.78, 5) is 5.09. The molecule has 2 heterocycles. The number of hydrogen-bond donors (Lipinski definition) is 1. The predicted molar refractivity (Wildman–Crippen MR) is 72.2 cm³/mol. The Hall–Kier alpha value is -1.44. The molecule has 0 saturated heterocycles. The first-order valence-electron chi connectivity index (χ1n) is 5.94. The molecule has 0 radical (unpaired) electrons. The quantitative estimate of drug-likeness (QED) is 0.875. The maximum atomic E-state index is 5.94. The minimum Gasteiger partial charge on any atom is -0.495 e. The van der Waals surface area contributed by atoms with Crippen LogP contribution in [-0.4, -0.2) is 30.0 Å². The van der Waals surface area contributed by atoms with Gasteiger partial charge in [-0.2, -0.15) is 4.98 Å². The van der Waals surface area contributed by atoms with Crippen molar-refractivity contribution in [3.63, 3.8) is 0 Å². The third kappa shape index (κ3) is 3.31.